The zero-order valence-corrected chi connectivity index (χ0v) is 15.4. The van der Waals surface area contributed by atoms with Gasteiger partial charge in [0.25, 0.3) is 0 Å². The molecule has 0 aromatic carbocycles. The molecule has 2 aliphatic heterocycles. The highest BCUT2D eigenvalue weighted by Gasteiger charge is 2.51. The van der Waals surface area contributed by atoms with Crippen LogP contribution in [0.2, 0.25) is 0 Å². The van der Waals surface area contributed by atoms with Crippen LogP contribution < -0.4 is 4.90 Å². The summed E-state index contributed by atoms with van der Waals surface area (Å²) >= 11 is 0. The molecule has 3 heterocycles. The van der Waals surface area contributed by atoms with E-state index >= 15 is 0 Å². The molecule has 1 saturated carbocycles. The highest BCUT2D eigenvalue weighted by Crippen LogP contribution is 2.41. The van der Waals surface area contributed by atoms with Crippen LogP contribution in [0.25, 0.3) is 0 Å². The molecule has 0 N–H and O–H groups in total. The second-order valence-corrected chi connectivity index (χ2v) is 7.58. The molecule has 0 bridgehead atoms. The molecule has 2 saturated heterocycles. The Morgan fingerprint density at radius 1 is 0.885 bits per heavy atom. The third-order valence-electron chi connectivity index (χ3n) is 5.80. The molecular formula is C19H27N5O2. The van der Waals surface area contributed by atoms with E-state index in [9.17, 15) is 9.59 Å². The number of piperazine rings is 2. The van der Waals surface area contributed by atoms with Gasteiger partial charge < -0.3 is 19.6 Å². The summed E-state index contributed by atoms with van der Waals surface area (Å²) in [4.78, 5) is 38.1. The van der Waals surface area contributed by atoms with Gasteiger partial charge >= 0.3 is 0 Å². The van der Waals surface area contributed by atoms with Gasteiger partial charge in [0.1, 0.15) is 5.82 Å². The van der Waals surface area contributed by atoms with Crippen molar-refractivity contribution in [2.75, 3.05) is 64.3 Å². The van der Waals surface area contributed by atoms with Crippen molar-refractivity contribution in [1.29, 1.82) is 0 Å². The maximum absolute atomic E-state index is 12.8. The van der Waals surface area contributed by atoms with Crippen molar-refractivity contribution in [2.24, 2.45) is 11.8 Å². The molecule has 1 aromatic rings. The Labute approximate surface area is 154 Å². The molecule has 7 heteroatoms. The molecule has 2 amide bonds. The normalized spacial score (nSPS) is 26.7. The van der Waals surface area contributed by atoms with Crippen LogP contribution in [0, 0.1) is 11.8 Å². The third-order valence-corrected chi connectivity index (χ3v) is 5.80. The van der Waals surface area contributed by atoms with E-state index in [0.717, 1.165) is 51.5 Å². The van der Waals surface area contributed by atoms with Crippen molar-refractivity contribution in [2.45, 2.75) is 6.42 Å². The number of rotatable bonds is 3. The van der Waals surface area contributed by atoms with Crippen molar-refractivity contribution >= 4 is 17.6 Å². The Morgan fingerprint density at radius 2 is 1.46 bits per heavy atom. The van der Waals surface area contributed by atoms with Gasteiger partial charge in [-0.05, 0) is 25.6 Å². The first-order chi connectivity index (χ1) is 12.6. The second kappa shape index (κ2) is 7.23. The Balaban J connectivity index is 1.27. The summed E-state index contributed by atoms with van der Waals surface area (Å²) in [7, 11) is 2.08. The smallest absolute Gasteiger partial charge is 0.226 e. The lowest BCUT2D eigenvalue weighted by atomic mass is 10.2. The number of likely N-dealkylation sites (N-methyl/N-ethyl adjacent to an activating group) is 1. The zero-order chi connectivity index (χ0) is 18.1. The van der Waals surface area contributed by atoms with Crippen LogP contribution in [0.1, 0.15) is 6.42 Å². The number of pyridine rings is 1. The molecule has 2 unspecified atom stereocenters. The molecular weight excluding hydrogens is 330 g/mol. The molecule has 7 nitrogen and oxygen atoms in total. The SMILES string of the molecule is CN1CCN(C(=O)C2CC2C(=O)N2CCN(c3ccccn3)CC2)CC1. The molecule has 0 radical (unpaired) electrons. The minimum absolute atomic E-state index is 0.0836. The lowest BCUT2D eigenvalue weighted by molar-refractivity contribution is -0.139. The van der Waals surface area contributed by atoms with Crippen molar-refractivity contribution in [3.63, 3.8) is 0 Å². The Kier molecular flexibility index (Phi) is 4.80. The number of hydrogen-bond donors (Lipinski definition) is 0. The lowest BCUT2D eigenvalue weighted by Crippen LogP contribution is -2.50. The van der Waals surface area contributed by atoms with Gasteiger partial charge in [-0.1, -0.05) is 6.07 Å². The van der Waals surface area contributed by atoms with Gasteiger partial charge in [-0.25, -0.2) is 4.98 Å². The topological polar surface area (TPSA) is 60.0 Å². The van der Waals surface area contributed by atoms with E-state index in [2.05, 4.69) is 21.8 Å². The number of amides is 2. The maximum Gasteiger partial charge on any atom is 0.226 e. The van der Waals surface area contributed by atoms with Crippen LogP contribution in [-0.4, -0.2) is 90.9 Å². The zero-order valence-electron chi connectivity index (χ0n) is 15.4. The van der Waals surface area contributed by atoms with E-state index in [1.54, 1.807) is 6.20 Å². The number of carbonyl (C=O) groups is 2. The molecule has 3 aliphatic rings. The Bertz CT molecular complexity index is 651. The fraction of sp³-hybridized carbons (Fsp3) is 0.632. The number of anilines is 1. The van der Waals surface area contributed by atoms with Gasteiger partial charge in [0.15, 0.2) is 0 Å². The largest absolute Gasteiger partial charge is 0.353 e. The standard InChI is InChI=1S/C19H27N5O2/c1-21-6-8-23(9-7-21)18(25)15-14-16(15)19(26)24-12-10-22(11-13-24)17-4-2-3-5-20-17/h2-5,15-16H,6-14H2,1H3. The number of nitrogens with zero attached hydrogens (tertiary/aromatic N) is 5. The summed E-state index contributed by atoms with van der Waals surface area (Å²) in [6.45, 7) is 6.44. The first-order valence-corrected chi connectivity index (χ1v) is 9.55. The van der Waals surface area contributed by atoms with Crippen LogP contribution in [0.15, 0.2) is 24.4 Å². The molecule has 4 rings (SSSR count). The van der Waals surface area contributed by atoms with E-state index in [1.807, 2.05) is 28.0 Å². The predicted molar refractivity (Wildman–Crippen MR) is 98.7 cm³/mol. The summed E-state index contributed by atoms with van der Waals surface area (Å²) in [6, 6.07) is 5.90. The van der Waals surface area contributed by atoms with E-state index < -0.39 is 0 Å². The van der Waals surface area contributed by atoms with Crippen molar-refractivity contribution in [3.05, 3.63) is 24.4 Å². The molecule has 140 valence electrons. The van der Waals surface area contributed by atoms with Gasteiger partial charge in [-0.3, -0.25) is 9.59 Å². The summed E-state index contributed by atoms with van der Waals surface area (Å²) in [5, 5.41) is 0. The van der Waals surface area contributed by atoms with Crippen molar-refractivity contribution in [3.8, 4) is 0 Å². The molecule has 2 atom stereocenters. The number of aromatic nitrogens is 1. The second-order valence-electron chi connectivity index (χ2n) is 7.58. The van der Waals surface area contributed by atoms with Crippen LogP contribution in [-0.2, 0) is 9.59 Å². The van der Waals surface area contributed by atoms with Crippen LogP contribution in [0.3, 0.4) is 0 Å². The quantitative estimate of drug-likeness (QED) is 0.770. The fourth-order valence-electron chi connectivity index (χ4n) is 3.93. The number of hydrogen-bond acceptors (Lipinski definition) is 5. The first kappa shape index (κ1) is 17.3. The van der Waals surface area contributed by atoms with Gasteiger partial charge in [0.05, 0.1) is 11.8 Å². The van der Waals surface area contributed by atoms with Crippen LogP contribution in [0.4, 0.5) is 5.82 Å². The molecule has 3 fully saturated rings. The molecule has 1 aliphatic carbocycles. The van der Waals surface area contributed by atoms with E-state index in [0.29, 0.717) is 13.1 Å². The molecule has 1 aromatic heterocycles. The van der Waals surface area contributed by atoms with Gasteiger partial charge in [-0.2, -0.15) is 0 Å². The maximum atomic E-state index is 12.8. The fourth-order valence-corrected chi connectivity index (χ4v) is 3.93. The van der Waals surface area contributed by atoms with Crippen LogP contribution in [0.5, 0.6) is 0 Å². The van der Waals surface area contributed by atoms with Gasteiger partial charge in [0, 0.05) is 58.6 Å². The lowest BCUT2D eigenvalue weighted by Gasteiger charge is -2.35. The Hall–Kier alpha value is -2.15. The highest BCUT2D eigenvalue weighted by atomic mass is 16.2. The van der Waals surface area contributed by atoms with E-state index in [-0.39, 0.29) is 23.7 Å². The monoisotopic (exact) mass is 357 g/mol. The van der Waals surface area contributed by atoms with E-state index in [4.69, 9.17) is 0 Å². The minimum Gasteiger partial charge on any atom is -0.353 e. The summed E-state index contributed by atoms with van der Waals surface area (Å²) in [6.07, 6.45) is 2.52. The highest BCUT2D eigenvalue weighted by molar-refractivity contribution is 5.92. The average Bonchev–Trinajstić information content (AvgIpc) is 3.49. The Morgan fingerprint density at radius 3 is 2.00 bits per heavy atom. The van der Waals surface area contributed by atoms with Gasteiger partial charge in [-0.15, -0.1) is 0 Å². The summed E-state index contributed by atoms with van der Waals surface area (Å²) in [5.41, 5.74) is 0. The predicted octanol–water partition coefficient (Wildman–Crippen LogP) is 0.140. The van der Waals surface area contributed by atoms with Crippen molar-refractivity contribution in [1.82, 2.24) is 19.7 Å². The summed E-state index contributed by atoms with van der Waals surface area (Å²) in [5.74, 6) is 1.14. The van der Waals surface area contributed by atoms with Gasteiger partial charge in [0.2, 0.25) is 11.8 Å². The van der Waals surface area contributed by atoms with Crippen molar-refractivity contribution < 1.29 is 9.59 Å². The number of carbonyl (C=O) groups excluding carboxylic acids is 2. The minimum atomic E-state index is -0.0939. The average molecular weight is 357 g/mol. The van der Waals surface area contributed by atoms with Crippen LogP contribution >= 0.6 is 0 Å². The molecule has 0 spiro atoms. The summed E-state index contributed by atoms with van der Waals surface area (Å²) < 4.78 is 0. The van der Waals surface area contributed by atoms with E-state index in [1.165, 1.54) is 0 Å². The molecule has 26 heavy (non-hydrogen) atoms. The third kappa shape index (κ3) is 3.53. The first-order valence-electron chi connectivity index (χ1n) is 9.55.